The van der Waals surface area contributed by atoms with E-state index in [9.17, 15) is 9.59 Å². The minimum atomic E-state index is -0.852. The van der Waals surface area contributed by atoms with Crippen LogP contribution in [0.5, 0.6) is 0 Å². The van der Waals surface area contributed by atoms with Crippen molar-refractivity contribution in [3.63, 3.8) is 0 Å². The number of benzene rings is 2. The summed E-state index contributed by atoms with van der Waals surface area (Å²) in [5.41, 5.74) is 16.6. The van der Waals surface area contributed by atoms with Gasteiger partial charge in [0.05, 0.1) is 0 Å². The zero-order valence-electron chi connectivity index (χ0n) is 19.8. The molecule has 0 aromatic heterocycles. The number of aryl methyl sites for hydroxylation is 4. The van der Waals surface area contributed by atoms with Gasteiger partial charge in [0.15, 0.2) is 0 Å². The van der Waals surface area contributed by atoms with Gasteiger partial charge in [0.1, 0.15) is 15.9 Å². The highest BCUT2D eigenvalue weighted by Crippen LogP contribution is 2.11. The number of nitrogens with two attached hydrogens (primary N) is 2. The maximum atomic E-state index is 10.1. The van der Waals surface area contributed by atoms with Gasteiger partial charge in [0.2, 0.25) is 11.8 Å². The van der Waals surface area contributed by atoms with Crippen molar-refractivity contribution in [2.75, 3.05) is 14.1 Å². The normalized spacial score (nSPS) is 9.50. The molecule has 0 atom stereocenters. The lowest BCUT2D eigenvalue weighted by atomic mass is 10.1. The van der Waals surface area contributed by atoms with E-state index in [-0.39, 0.29) is 0 Å². The van der Waals surface area contributed by atoms with E-state index >= 15 is 0 Å². The topological polar surface area (TPSA) is 110 Å². The molecule has 2 aromatic carbocycles. The smallest absolute Gasteiger partial charge is 0.229 e. The summed E-state index contributed by atoms with van der Waals surface area (Å²) in [5, 5.41) is 5.96. The second-order valence-corrected chi connectivity index (χ2v) is 8.14. The number of amides is 2. The molecule has 0 aliphatic carbocycles. The molecular formula is C24H34N4O2S2. The Labute approximate surface area is 202 Å². The van der Waals surface area contributed by atoms with Gasteiger partial charge in [-0.05, 0) is 57.9 Å². The van der Waals surface area contributed by atoms with Gasteiger partial charge >= 0.3 is 0 Å². The molecule has 2 rings (SSSR count). The number of carbonyl (C=O) groups excluding carboxylic acids is 2. The molecule has 0 spiro atoms. The van der Waals surface area contributed by atoms with Gasteiger partial charge in [0.25, 0.3) is 0 Å². The first-order chi connectivity index (χ1) is 14.8. The number of thiocarbonyl (C=S) groups is 2. The number of hydrogen-bond acceptors (Lipinski definition) is 4. The lowest BCUT2D eigenvalue weighted by Crippen LogP contribution is -2.32. The largest absolute Gasteiger partial charge is 0.379 e. The fraction of sp³-hybridized carbons (Fsp3) is 0.333. The molecule has 6 nitrogen and oxygen atoms in total. The molecule has 0 unspecified atom stereocenters. The molecule has 0 heterocycles. The maximum absolute atomic E-state index is 10.1. The molecule has 0 bridgehead atoms. The summed E-state index contributed by atoms with van der Waals surface area (Å²) in [5.74, 6) is -2.22. The van der Waals surface area contributed by atoms with Crippen LogP contribution in [-0.4, -0.2) is 35.9 Å². The van der Waals surface area contributed by atoms with Crippen LogP contribution in [0.2, 0.25) is 0 Å². The van der Waals surface area contributed by atoms with E-state index in [4.69, 9.17) is 35.9 Å². The Bertz CT molecular complexity index is 897. The molecule has 0 fully saturated rings. The third kappa shape index (κ3) is 9.98. The first kappa shape index (κ1) is 29.2. The van der Waals surface area contributed by atoms with Crippen LogP contribution in [0.3, 0.4) is 0 Å². The lowest BCUT2D eigenvalue weighted by molar-refractivity contribution is -0.130. The summed E-state index contributed by atoms with van der Waals surface area (Å²) < 4.78 is 0. The number of hydrogen-bond donors (Lipinski definition) is 4. The molecule has 2 aromatic rings. The van der Waals surface area contributed by atoms with E-state index in [2.05, 4.69) is 74.7 Å². The molecule has 32 heavy (non-hydrogen) atoms. The predicted octanol–water partition coefficient (Wildman–Crippen LogP) is 2.99. The van der Waals surface area contributed by atoms with Crippen LogP contribution in [0.4, 0.5) is 0 Å². The number of carbonyl (C=O) groups is 2. The van der Waals surface area contributed by atoms with Crippen LogP contribution in [-0.2, 0) is 9.59 Å². The lowest BCUT2D eigenvalue weighted by Gasteiger charge is -2.07. The third-order valence-electron chi connectivity index (χ3n) is 4.58. The highest BCUT2D eigenvalue weighted by atomic mass is 32.1. The molecule has 0 saturated heterocycles. The monoisotopic (exact) mass is 474 g/mol. The maximum Gasteiger partial charge on any atom is 0.229 e. The van der Waals surface area contributed by atoms with Crippen molar-refractivity contribution in [2.24, 2.45) is 17.4 Å². The van der Waals surface area contributed by atoms with Crippen LogP contribution in [0.25, 0.3) is 0 Å². The summed E-state index contributed by atoms with van der Waals surface area (Å²) in [6.07, 6.45) is 0. The van der Waals surface area contributed by atoms with Gasteiger partial charge in [-0.1, -0.05) is 59.8 Å². The molecule has 6 N–H and O–H groups in total. The van der Waals surface area contributed by atoms with Crippen LogP contribution in [0.15, 0.2) is 36.4 Å². The number of primary amides is 2. The minimum absolute atomic E-state index is 0.683. The summed E-state index contributed by atoms with van der Waals surface area (Å²) >= 11 is 10.3. The quantitative estimate of drug-likeness (QED) is 0.401. The van der Waals surface area contributed by atoms with Crippen LogP contribution in [0, 0.1) is 33.6 Å². The van der Waals surface area contributed by atoms with Crippen molar-refractivity contribution in [2.45, 2.75) is 34.6 Å². The average Bonchev–Trinajstić information content (AvgIpc) is 2.76. The van der Waals surface area contributed by atoms with E-state index in [1.165, 1.54) is 29.2 Å². The Hall–Kier alpha value is -2.84. The van der Waals surface area contributed by atoms with Gasteiger partial charge in [-0.25, -0.2) is 0 Å². The molecule has 174 valence electrons. The fourth-order valence-electron chi connectivity index (χ4n) is 2.37. The Morgan fingerprint density at radius 2 is 1.06 bits per heavy atom. The Kier molecular flexibility index (Phi) is 13.0. The zero-order chi connectivity index (χ0) is 25.0. The van der Waals surface area contributed by atoms with Gasteiger partial charge in [-0.3, -0.25) is 9.59 Å². The molecule has 8 heteroatoms. The zero-order valence-corrected chi connectivity index (χ0v) is 21.5. The standard InChI is InChI=1S/2C10H13NS.C4H8N2O2/c2*1-7-4-5-8(2)9(6-7)10(12)11-3;1-2(3(5)7)4(6)8/h2*4-6H,1-3H3,(H,11,12);2H,1H3,(H2,5,7)(H2,6,8). The molecular weight excluding hydrogens is 440 g/mol. The Morgan fingerprint density at radius 1 is 0.750 bits per heavy atom. The third-order valence-corrected chi connectivity index (χ3v) is 5.43. The summed E-state index contributed by atoms with van der Waals surface area (Å²) in [6.45, 7) is 9.64. The first-order valence-corrected chi connectivity index (χ1v) is 10.8. The van der Waals surface area contributed by atoms with E-state index in [1.807, 2.05) is 14.1 Å². The summed E-state index contributed by atoms with van der Waals surface area (Å²) in [6, 6.07) is 12.6. The molecule has 2 amide bonds. The van der Waals surface area contributed by atoms with Gasteiger partial charge in [-0.2, -0.15) is 0 Å². The minimum Gasteiger partial charge on any atom is -0.379 e. The predicted molar refractivity (Wildman–Crippen MR) is 141 cm³/mol. The van der Waals surface area contributed by atoms with E-state index < -0.39 is 17.7 Å². The van der Waals surface area contributed by atoms with Crippen LogP contribution >= 0.6 is 24.4 Å². The van der Waals surface area contributed by atoms with Gasteiger partial charge in [-0.15, -0.1) is 0 Å². The first-order valence-electron chi connectivity index (χ1n) is 10.0. The highest BCUT2D eigenvalue weighted by molar-refractivity contribution is 7.81. The summed E-state index contributed by atoms with van der Waals surface area (Å²) in [7, 11) is 3.70. The van der Waals surface area contributed by atoms with Crippen LogP contribution < -0.4 is 22.1 Å². The SMILES string of the molecule is CC(C(N)=O)C(N)=O.CNC(=S)c1cc(C)ccc1C.CNC(=S)c1cc(C)ccc1C. The van der Waals surface area contributed by atoms with E-state index in [0.29, 0.717) is 0 Å². The molecule has 0 aliphatic rings. The summed E-state index contributed by atoms with van der Waals surface area (Å²) in [4.78, 5) is 21.8. The van der Waals surface area contributed by atoms with Crippen molar-refractivity contribution < 1.29 is 9.59 Å². The fourth-order valence-corrected chi connectivity index (χ4v) is 2.81. The van der Waals surface area contributed by atoms with Crippen molar-refractivity contribution in [3.05, 3.63) is 69.8 Å². The van der Waals surface area contributed by atoms with Crippen molar-refractivity contribution >= 4 is 46.2 Å². The van der Waals surface area contributed by atoms with Gasteiger partial charge < -0.3 is 22.1 Å². The number of nitrogens with one attached hydrogen (secondary N) is 2. The average molecular weight is 475 g/mol. The van der Waals surface area contributed by atoms with Crippen LogP contribution in [0.1, 0.15) is 40.3 Å². The highest BCUT2D eigenvalue weighted by Gasteiger charge is 2.13. The number of rotatable bonds is 4. The van der Waals surface area contributed by atoms with E-state index in [0.717, 1.165) is 21.1 Å². The van der Waals surface area contributed by atoms with Crippen molar-refractivity contribution in [1.29, 1.82) is 0 Å². The second kappa shape index (κ2) is 14.3. The Morgan fingerprint density at radius 3 is 1.28 bits per heavy atom. The molecule has 0 radical (unpaired) electrons. The molecule has 0 saturated carbocycles. The molecule has 0 aliphatic heterocycles. The van der Waals surface area contributed by atoms with Gasteiger partial charge in [0, 0.05) is 25.2 Å². The van der Waals surface area contributed by atoms with Crippen molar-refractivity contribution in [3.8, 4) is 0 Å². The van der Waals surface area contributed by atoms with E-state index in [1.54, 1.807) is 0 Å². The second-order valence-electron chi connectivity index (χ2n) is 7.32. The Balaban J connectivity index is 0.000000462. The van der Waals surface area contributed by atoms with Crippen molar-refractivity contribution in [1.82, 2.24) is 10.6 Å².